The van der Waals surface area contributed by atoms with Crippen molar-refractivity contribution >= 4 is 53.2 Å². The van der Waals surface area contributed by atoms with Crippen LogP contribution in [0.3, 0.4) is 0 Å². The smallest absolute Gasteiger partial charge is 0.326 e. The Labute approximate surface area is 242 Å². The van der Waals surface area contributed by atoms with Crippen LogP contribution in [0.4, 0.5) is 0 Å². The summed E-state index contributed by atoms with van der Waals surface area (Å²) >= 11 is 2.96. The molecule has 0 radical (unpaired) electrons. The molecule has 0 aliphatic carbocycles. The number of hydrogen-bond acceptors (Lipinski definition) is 9. The van der Waals surface area contributed by atoms with Crippen molar-refractivity contribution in [1.29, 1.82) is 0 Å². The van der Waals surface area contributed by atoms with Gasteiger partial charge in [-0.2, -0.15) is 23.5 Å². The molecule has 224 valence electrons. The maximum Gasteiger partial charge on any atom is 0.326 e. The van der Waals surface area contributed by atoms with E-state index in [-0.39, 0.29) is 37.5 Å². The van der Waals surface area contributed by atoms with Crippen molar-refractivity contribution in [2.75, 3.05) is 30.6 Å². The average molecular weight is 600 g/mol. The zero-order chi connectivity index (χ0) is 30.1. The summed E-state index contributed by atoms with van der Waals surface area (Å²) in [4.78, 5) is 54.6. The summed E-state index contributed by atoms with van der Waals surface area (Å²) in [5.41, 5.74) is 17.4. The maximum absolute atomic E-state index is 13.2. The third-order valence-electron chi connectivity index (χ3n) is 5.78. The Kier molecular flexibility index (Phi) is 16.6. The standard InChI is InChI=1S/C25H41N7O6S2/c1-39-12-9-18(30-21(34)17(26)14-15-5-7-16(33)8-6-15)22(35)31-19(10-13-40-2)23(36)32-20(24(37)38)4-3-11-29-25(27)28/h5-8,17-20,33H,3-4,9-14,26H2,1-2H3,(H,30,34)(H,31,35)(H,32,36)(H,37,38)(H4,27,28,29). The maximum atomic E-state index is 13.2. The molecule has 0 fully saturated rings. The van der Waals surface area contributed by atoms with Gasteiger partial charge in [0, 0.05) is 6.54 Å². The largest absolute Gasteiger partial charge is 0.508 e. The fourth-order valence-corrected chi connectivity index (χ4v) is 4.51. The fourth-order valence-electron chi connectivity index (χ4n) is 3.57. The van der Waals surface area contributed by atoms with Crippen LogP contribution in [0.5, 0.6) is 5.75 Å². The number of phenols is 1. The number of carbonyl (C=O) groups excluding carboxylic acids is 3. The highest BCUT2D eigenvalue weighted by atomic mass is 32.2. The lowest BCUT2D eigenvalue weighted by Gasteiger charge is -2.25. The molecule has 4 unspecified atom stereocenters. The molecule has 3 amide bonds. The number of thioether (sulfide) groups is 2. The lowest BCUT2D eigenvalue weighted by molar-refractivity contribution is -0.142. The number of rotatable bonds is 19. The van der Waals surface area contributed by atoms with Crippen molar-refractivity contribution < 1.29 is 29.4 Å². The zero-order valence-electron chi connectivity index (χ0n) is 22.8. The molecule has 4 atom stereocenters. The first-order valence-corrected chi connectivity index (χ1v) is 15.5. The number of hydrogen-bond donors (Lipinski definition) is 8. The number of amides is 3. The van der Waals surface area contributed by atoms with Gasteiger partial charge in [0.1, 0.15) is 23.9 Å². The van der Waals surface area contributed by atoms with Crippen LogP contribution in [0.15, 0.2) is 29.3 Å². The number of nitrogens with one attached hydrogen (secondary N) is 3. The first-order valence-electron chi connectivity index (χ1n) is 12.7. The quantitative estimate of drug-likeness (QED) is 0.0565. The summed E-state index contributed by atoms with van der Waals surface area (Å²) in [6.07, 6.45) is 4.86. The number of aromatic hydroxyl groups is 1. The van der Waals surface area contributed by atoms with Gasteiger partial charge in [-0.05, 0) is 73.8 Å². The molecule has 11 N–H and O–H groups in total. The van der Waals surface area contributed by atoms with E-state index in [0.29, 0.717) is 24.3 Å². The molecule has 0 spiro atoms. The van der Waals surface area contributed by atoms with Crippen LogP contribution in [0.1, 0.15) is 31.2 Å². The van der Waals surface area contributed by atoms with Crippen LogP contribution in [-0.2, 0) is 25.6 Å². The van der Waals surface area contributed by atoms with Crippen LogP contribution in [0.2, 0.25) is 0 Å². The van der Waals surface area contributed by atoms with E-state index in [1.165, 1.54) is 35.7 Å². The van der Waals surface area contributed by atoms with Crippen molar-refractivity contribution in [3.05, 3.63) is 29.8 Å². The Morgan fingerprint density at radius 1 is 0.850 bits per heavy atom. The number of carboxylic acids is 1. The molecule has 40 heavy (non-hydrogen) atoms. The Morgan fingerprint density at radius 3 is 1.82 bits per heavy atom. The van der Waals surface area contributed by atoms with Crippen LogP contribution >= 0.6 is 23.5 Å². The van der Waals surface area contributed by atoms with Crippen molar-refractivity contribution in [2.24, 2.45) is 22.2 Å². The SMILES string of the molecule is CSCCC(NC(=O)C(N)Cc1ccc(O)cc1)C(=O)NC(CCSC)C(=O)NC(CCCN=C(N)N)C(=O)O. The summed E-state index contributed by atoms with van der Waals surface area (Å²) in [7, 11) is 0. The first kappa shape index (κ1) is 34.9. The minimum atomic E-state index is -1.22. The summed E-state index contributed by atoms with van der Waals surface area (Å²) in [6.45, 7) is 0.209. The van der Waals surface area contributed by atoms with Gasteiger partial charge in [0.25, 0.3) is 0 Å². The highest BCUT2D eigenvalue weighted by Crippen LogP contribution is 2.12. The molecule has 15 heteroatoms. The summed E-state index contributed by atoms with van der Waals surface area (Å²) in [5, 5.41) is 26.9. The van der Waals surface area contributed by atoms with Gasteiger partial charge < -0.3 is 43.4 Å². The molecule has 0 aliphatic rings. The van der Waals surface area contributed by atoms with E-state index in [9.17, 15) is 29.4 Å². The van der Waals surface area contributed by atoms with Gasteiger partial charge >= 0.3 is 5.97 Å². The number of carboxylic acid groups (broad SMARTS) is 1. The van der Waals surface area contributed by atoms with Crippen LogP contribution in [0, 0.1) is 0 Å². The predicted molar refractivity (Wildman–Crippen MR) is 159 cm³/mol. The van der Waals surface area contributed by atoms with Crippen LogP contribution in [-0.4, -0.2) is 94.6 Å². The van der Waals surface area contributed by atoms with Gasteiger partial charge in [0.05, 0.1) is 6.04 Å². The average Bonchev–Trinajstić information content (AvgIpc) is 2.91. The normalized spacial score (nSPS) is 13.8. The van der Waals surface area contributed by atoms with Crippen molar-refractivity contribution in [1.82, 2.24) is 16.0 Å². The number of nitrogens with two attached hydrogens (primary N) is 3. The molecule has 13 nitrogen and oxygen atoms in total. The summed E-state index contributed by atoms with van der Waals surface area (Å²) < 4.78 is 0. The number of nitrogens with zero attached hydrogens (tertiary/aromatic N) is 1. The Balaban J connectivity index is 2.90. The van der Waals surface area contributed by atoms with Crippen LogP contribution in [0.25, 0.3) is 0 Å². The molecule has 0 saturated heterocycles. The minimum absolute atomic E-state index is 0.0897. The lowest BCUT2D eigenvalue weighted by atomic mass is 10.0. The van der Waals surface area contributed by atoms with E-state index in [1.807, 2.05) is 12.5 Å². The second kappa shape index (κ2) is 19.0. The molecule has 1 aromatic carbocycles. The van der Waals surface area contributed by atoms with E-state index in [2.05, 4.69) is 20.9 Å². The molecular weight excluding hydrogens is 558 g/mol. The molecule has 1 rings (SSSR count). The number of aliphatic imine (C=N–C) groups is 1. The van der Waals surface area contributed by atoms with E-state index < -0.39 is 47.9 Å². The highest BCUT2D eigenvalue weighted by Gasteiger charge is 2.30. The Bertz CT molecular complexity index is 992. The fraction of sp³-hybridized carbons (Fsp3) is 0.560. The van der Waals surface area contributed by atoms with Crippen LogP contribution < -0.4 is 33.2 Å². The molecule has 0 aromatic heterocycles. The molecule has 0 heterocycles. The second-order valence-electron chi connectivity index (χ2n) is 9.01. The zero-order valence-corrected chi connectivity index (χ0v) is 24.4. The Morgan fingerprint density at radius 2 is 1.35 bits per heavy atom. The number of phenolic OH excluding ortho intramolecular Hbond substituents is 1. The Hall–Kier alpha value is -3.17. The molecule has 1 aromatic rings. The predicted octanol–water partition coefficient (Wildman–Crippen LogP) is -0.639. The monoisotopic (exact) mass is 599 g/mol. The third-order valence-corrected chi connectivity index (χ3v) is 7.06. The molecular formula is C25H41N7O6S2. The van der Waals surface area contributed by atoms with E-state index >= 15 is 0 Å². The minimum Gasteiger partial charge on any atom is -0.508 e. The van der Waals surface area contributed by atoms with Crippen molar-refractivity contribution in [3.8, 4) is 5.75 Å². The van der Waals surface area contributed by atoms with Gasteiger partial charge in [0.2, 0.25) is 17.7 Å². The summed E-state index contributed by atoms with van der Waals surface area (Å²) in [6, 6.07) is 2.19. The lowest BCUT2D eigenvalue weighted by Crippen LogP contribution is -2.57. The van der Waals surface area contributed by atoms with Crippen molar-refractivity contribution in [2.45, 2.75) is 56.3 Å². The number of guanidine groups is 1. The van der Waals surface area contributed by atoms with Gasteiger partial charge in [0.15, 0.2) is 5.96 Å². The van der Waals surface area contributed by atoms with E-state index in [0.717, 1.165) is 5.56 Å². The third kappa shape index (κ3) is 13.8. The highest BCUT2D eigenvalue weighted by molar-refractivity contribution is 7.98. The molecule has 0 aliphatic heterocycles. The van der Waals surface area contributed by atoms with Gasteiger partial charge in [-0.15, -0.1) is 0 Å². The van der Waals surface area contributed by atoms with Gasteiger partial charge in [-0.3, -0.25) is 19.4 Å². The topological polar surface area (TPSA) is 235 Å². The van der Waals surface area contributed by atoms with E-state index in [4.69, 9.17) is 17.2 Å². The number of aliphatic carboxylic acids is 1. The number of carbonyl (C=O) groups is 4. The first-order chi connectivity index (χ1) is 19.0. The van der Waals surface area contributed by atoms with Gasteiger partial charge in [-0.1, -0.05) is 12.1 Å². The van der Waals surface area contributed by atoms with Gasteiger partial charge in [-0.25, -0.2) is 4.79 Å². The molecule has 0 saturated carbocycles. The van der Waals surface area contributed by atoms with E-state index in [1.54, 1.807) is 12.1 Å². The second-order valence-corrected chi connectivity index (χ2v) is 11.0. The number of benzene rings is 1. The van der Waals surface area contributed by atoms with Crippen molar-refractivity contribution in [3.63, 3.8) is 0 Å². The summed E-state index contributed by atoms with van der Waals surface area (Å²) in [5.74, 6) is -1.90. The molecule has 0 bridgehead atoms.